The summed E-state index contributed by atoms with van der Waals surface area (Å²) in [5.74, 6) is 3.28. The van der Waals surface area contributed by atoms with Gasteiger partial charge < -0.3 is 0 Å². The fourth-order valence-electron chi connectivity index (χ4n) is 1.98. The average molecular weight is 308 g/mol. The Morgan fingerprint density at radius 2 is 1.94 bits per heavy atom. The first-order chi connectivity index (χ1) is 7.66. The predicted molar refractivity (Wildman–Crippen MR) is 69.1 cm³/mol. The highest BCUT2D eigenvalue weighted by atomic mass is 79.9. The second-order valence-electron chi connectivity index (χ2n) is 4.02. The minimum absolute atomic E-state index is 0.203. The molecule has 0 spiro atoms. The fourth-order valence-corrected chi connectivity index (χ4v) is 4.78. The normalized spacial score (nSPS) is 17.2. The van der Waals surface area contributed by atoms with E-state index in [4.69, 9.17) is 0 Å². The Balaban J connectivity index is 2.18. The molecule has 0 N–H and O–H groups in total. The largest absolute Gasteiger partial charge is 0.264 e. The Labute approximate surface area is 106 Å². The lowest BCUT2D eigenvalue weighted by atomic mass is 10.1. The van der Waals surface area contributed by atoms with E-state index >= 15 is 0 Å². The molecule has 0 aromatic heterocycles. The topological polar surface area (TPSA) is 0 Å². The molecular weight excluding hydrogens is 294 g/mol. The third kappa shape index (κ3) is 2.98. The molecule has 0 nitrogen and oxygen atoms in total. The van der Waals surface area contributed by atoms with E-state index in [1.54, 1.807) is 6.07 Å². The number of hydrogen-bond acceptors (Lipinski definition) is 0. The molecule has 2 rings (SSSR count). The molecule has 1 aliphatic heterocycles. The van der Waals surface area contributed by atoms with Gasteiger partial charge in [0.15, 0.2) is 0 Å². The van der Waals surface area contributed by atoms with Gasteiger partial charge in [0.1, 0.15) is 17.3 Å². The molecule has 1 saturated heterocycles. The Morgan fingerprint density at radius 1 is 1.25 bits per heavy atom. The van der Waals surface area contributed by atoms with Crippen molar-refractivity contribution < 1.29 is 8.78 Å². The first-order valence-corrected chi connectivity index (χ1v) is 7.90. The minimum atomic E-state index is -2.36. The van der Waals surface area contributed by atoms with Gasteiger partial charge in [-0.25, -0.2) is 8.78 Å². The number of benzene rings is 1. The summed E-state index contributed by atoms with van der Waals surface area (Å²) in [4.78, 5) is 0. The number of rotatable bonds is 3. The zero-order chi connectivity index (χ0) is 11.5. The van der Waals surface area contributed by atoms with Gasteiger partial charge in [0.25, 0.3) is 6.43 Å². The van der Waals surface area contributed by atoms with Gasteiger partial charge in [-0.05, 0) is 35.9 Å². The maximum atomic E-state index is 12.9. The van der Waals surface area contributed by atoms with Crippen LogP contribution < -0.4 is 0 Å². The van der Waals surface area contributed by atoms with Crippen LogP contribution in [0.2, 0.25) is 0 Å². The van der Waals surface area contributed by atoms with Crippen molar-refractivity contribution in [3.63, 3.8) is 0 Å². The van der Waals surface area contributed by atoms with Crippen molar-refractivity contribution >= 4 is 26.8 Å². The van der Waals surface area contributed by atoms with Crippen LogP contribution in [0, 0.1) is 0 Å². The van der Waals surface area contributed by atoms with Crippen LogP contribution in [-0.4, -0.2) is 11.5 Å². The molecule has 1 heterocycles. The van der Waals surface area contributed by atoms with Gasteiger partial charge in [-0.2, -0.15) is 0 Å². The highest BCUT2D eigenvalue weighted by Crippen LogP contribution is 2.29. The summed E-state index contributed by atoms with van der Waals surface area (Å²) in [6.07, 6.45) is 0.173. The van der Waals surface area contributed by atoms with E-state index in [0.29, 0.717) is 10.9 Å². The monoisotopic (exact) mass is 307 g/mol. The Kier molecular flexibility index (Phi) is 4.25. The Morgan fingerprint density at radius 3 is 2.56 bits per heavy atom. The van der Waals surface area contributed by atoms with Crippen LogP contribution in [0.4, 0.5) is 8.78 Å². The Hall–Kier alpha value is -0.0900. The maximum absolute atomic E-state index is 12.9. The first kappa shape index (κ1) is 12.4. The summed E-state index contributed by atoms with van der Waals surface area (Å²) in [5, 5.41) is 0. The van der Waals surface area contributed by atoms with E-state index < -0.39 is 6.43 Å². The van der Waals surface area contributed by atoms with E-state index in [0.717, 1.165) is 15.8 Å². The lowest BCUT2D eigenvalue weighted by Gasteiger charge is -2.08. The van der Waals surface area contributed by atoms with E-state index in [2.05, 4.69) is 15.9 Å². The highest BCUT2D eigenvalue weighted by molar-refractivity contribution is 9.10. The van der Waals surface area contributed by atoms with Gasteiger partial charge in [0.2, 0.25) is 0 Å². The molecule has 0 saturated carbocycles. The molecule has 88 valence electrons. The summed E-state index contributed by atoms with van der Waals surface area (Å²) in [7, 11) is 0.340. The lowest BCUT2D eigenvalue weighted by molar-refractivity contribution is 0.150. The molecule has 1 fully saturated rings. The van der Waals surface area contributed by atoms with Crippen LogP contribution in [0.15, 0.2) is 22.7 Å². The van der Waals surface area contributed by atoms with Crippen LogP contribution in [0.1, 0.15) is 30.4 Å². The third-order valence-electron chi connectivity index (χ3n) is 2.82. The van der Waals surface area contributed by atoms with Gasteiger partial charge in [-0.15, -0.1) is 0 Å². The third-order valence-corrected chi connectivity index (χ3v) is 5.76. The predicted octanol–water partition coefficient (Wildman–Crippen LogP) is 4.30. The van der Waals surface area contributed by atoms with Crippen LogP contribution >= 0.6 is 15.9 Å². The number of halogens is 3. The fraction of sp³-hybridized carbons (Fsp3) is 0.500. The molecule has 0 bridgehead atoms. The molecule has 1 aromatic carbocycles. The molecule has 0 unspecified atom stereocenters. The van der Waals surface area contributed by atoms with E-state index in [1.807, 2.05) is 12.1 Å². The quantitative estimate of drug-likeness (QED) is 0.730. The second-order valence-corrected chi connectivity index (χ2v) is 7.26. The van der Waals surface area contributed by atoms with Crippen molar-refractivity contribution in [2.24, 2.45) is 0 Å². The van der Waals surface area contributed by atoms with Crippen LogP contribution in [0.25, 0.3) is 0 Å². The van der Waals surface area contributed by atoms with E-state index in [-0.39, 0.29) is 5.56 Å². The van der Waals surface area contributed by atoms with E-state index in [1.165, 1.54) is 24.3 Å². The number of alkyl halides is 2. The molecule has 0 radical (unpaired) electrons. The SMILES string of the molecule is FC(F)c1cc(Br)ccc1C[S+]1CCCC1. The molecular formula is C12H14BrF2S+. The molecule has 4 heteroatoms. The Bertz CT molecular complexity index is 362. The first-order valence-electron chi connectivity index (χ1n) is 5.37. The van der Waals surface area contributed by atoms with Gasteiger partial charge in [-0.1, -0.05) is 22.0 Å². The molecule has 0 amide bonds. The van der Waals surface area contributed by atoms with Crippen LogP contribution in [0.3, 0.4) is 0 Å². The molecule has 1 aliphatic rings. The van der Waals surface area contributed by atoms with E-state index in [9.17, 15) is 8.78 Å². The zero-order valence-corrected chi connectivity index (χ0v) is 11.3. The van der Waals surface area contributed by atoms with Crippen molar-refractivity contribution in [2.75, 3.05) is 11.5 Å². The minimum Gasteiger partial charge on any atom is -0.205 e. The highest BCUT2D eigenvalue weighted by Gasteiger charge is 2.26. The van der Waals surface area contributed by atoms with Gasteiger partial charge in [0.05, 0.1) is 0 Å². The van der Waals surface area contributed by atoms with Gasteiger partial charge >= 0.3 is 0 Å². The van der Waals surface area contributed by atoms with Crippen molar-refractivity contribution in [3.05, 3.63) is 33.8 Å². The average Bonchev–Trinajstić information content (AvgIpc) is 2.73. The van der Waals surface area contributed by atoms with Crippen LogP contribution in [0.5, 0.6) is 0 Å². The molecule has 0 aliphatic carbocycles. The van der Waals surface area contributed by atoms with Gasteiger partial charge in [0, 0.05) is 15.6 Å². The summed E-state index contributed by atoms with van der Waals surface area (Å²) in [5.41, 5.74) is 1.04. The summed E-state index contributed by atoms with van der Waals surface area (Å²) >= 11 is 3.25. The second kappa shape index (κ2) is 5.50. The van der Waals surface area contributed by atoms with Gasteiger partial charge in [-0.3, -0.25) is 0 Å². The lowest BCUT2D eigenvalue weighted by Crippen LogP contribution is -2.08. The number of hydrogen-bond donors (Lipinski definition) is 0. The molecule has 16 heavy (non-hydrogen) atoms. The maximum Gasteiger partial charge on any atom is 0.264 e. The summed E-state index contributed by atoms with van der Waals surface area (Å²) < 4.78 is 26.5. The van der Waals surface area contributed by atoms with Crippen molar-refractivity contribution in [2.45, 2.75) is 25.0 Å². The summed E-state index contributed by atoms with van der Waals surface area (Å²) in [6.45, 7) is 0. The van der Waals surface area contributed by atoms with Crippen molar-refractivity contribution in [1.82, 2.24) is 0 Å². The molecule has 0 atom stereocenters. The van der Waals surface area contributed by atoms with Crippen LogP contribution in [-0.2, 0) is 16.6 Å². The van der Waals surface area contributed by atoms with Crippen molar-refractivity contribution in [3.8, 4) is 0 Å². The standard InChI is InChI=1S/C12H14BrF2S/c13-10-4-3-9(11(7-10)12(14)15)8-16-5-1-2-6-16/h3-4,7,12H,1-2,5-6,8H2/q+1. The summed E-state index contributed by atoms with van der Waals surface area (Å²) in [6, 6.07) is 5.26. The van der Waals surface area contributed by atoms with Crippen molar-refractivity contribution in [1.29, 1.82) is 0 Å². The smallest absolute Gasteiger partial charge is 0.205 e. The zero-order valence-electron chi connectivity index (χ0n) is 8.89. The molecule has 1 aromatic rings.